The Morgan fingerprint density at radius 3 is 2.41 bits per heavy atom. The lowest BCUT2D eigenvalue weighted by molar-refractivity contribution is 0.202. The van der Waals surface area contributed by atoms with Crippen molar-refractivity contribution in [1.82, 2.24) is 4.90 Å². The number of nitrogens with two attached hydrogens (primary N) is 1. The number of rotatable bonds is 7. The third-order valence-corrected chi connectivity index (χ3v) is 4.04. The minimum Gasteiger partial charge on any atom is -0.312 e. The number of hydrogen-bond acceptors (Lipinski definition) is 3. The Labute approximate surface area is 105 Å². The summed E-state index contributed by atoms with van der Waals surface area (Å²) in [5.41, 5.74) is 5.69. The summed E-state index contributed by atoms with van der Waals surface area (Å²) < 4.78 is 0. The largest absolute Gasteiger partial charge is 0.312 e. The Kier molecular flexibility index (Phi) is 3.75. The maximum Gasteiger partial charge on any atom is 0.119 e. The van der Waals surface area contributed by atoms with Gasteiger partial charge in [0.15, 0.2) is 0 Å². The molecule has 2 aliphatic carbocycles. The zero-order valence-electron chi connectivity index (χ0n) is 11.2. The molecule has 3 nitrogen and oxygen atoms in total. The average Bonchev–Trinajstić information content (AvgIpc) is 3.15. The maximum atomic E-state index is 9.32. The molecular weight excluding hydrogens is 210 g/mol. The average molecular weight is 235 g/mol. The predicted octanol–water partition coefficient (Wildman–Crippen LogP) is 2.13. The van der Waals surface area contributed by atoms with Crippen molar-refractivity contribution in [1.29, 1.82) is 5.26 Å². The Morgan fingerprint density at radius 1 is 1.35 bits per heavy atom. The van der Waals surface area contributed by atoms with Gasteiger partial charge in [-0.15, -0.1) is 0 Å². The van der Waals surface area contributed by atoms with Crippen LogP contribution in [0.3, 0.4) is 0 Å². The first-order chi connectivity index (χ1) is 8.05. The lowest BCUT2D eigenvalue weighted by Gasteiger charge is -2.31. The minimum atomic E-state index is -0.584. The summed E-state index contributed by atoms with van der Waals surface area (Å²) in [5, 5.41) is 9.32. The van der Waals surface area contributed by atoms with Crippen LogP contribution in [-0.4, -0.2) is 29.6 Å². The molecule has 0 aromatic heterocycles. The van der Waals surface area contributed by atoms with E-state index in [1.807, 2.05) is 0 Å². The zero-order chi connectivity index (χ0) is 12.5. The van der Waals surface area contributed by atoms with Gasteiger partial charge in [-0.25, -0.2) is 0 Å². The van der Waals surface area contributed by atoms with Crippen molar-refractivity contribution in [3.05, 3.63) is 0 Å². The standard InChI is InChI=1S/C14H25N3/c1-11(2)7-8-17(13-5-6-13)10-14(16,9-15)12-3-4-12/h11-13H,3-8,10,16H2,1-2H3. The van der Waals surface area contributed by atoms with Gasteiger partial charge in [-0.1, -0.05) is 13.8 Å². The van der Waals surface area contributed by atoms with Crippen LogP contribution in [0.5, 0.6) is 0 Å². The molecule has 3 heteroatoms. The highest BCUT2D eigenvalue weighted by atomic mass is 15.2. The van der Waals surface area contributed by atoms with Crippen molar-refractivity contribution < 1.29 is 0 Å². The predicted molar refractivity (Wildman–Crippen MR) is 69.3 cm³/mol. The van der Waals surface area contributed by atoms with E-state index in [0.717, 1.165) is 31.8 Å². The van der Waals surface area contributed by atoms with Crippen LogP contribution >= 0.6 is 0 Å². The van der Waals surface area contributed by atoms with Gasteiger partial charge in [0.05, 0.1) is 6.07 Å². The number of hydrogen-bond donors (Lipinski definition) is 1. The van der Waals surface area contributed by atoms with Crippen LogP contribution in [0, 0.1) is 23.2 Å². The highest BCUT2D eigenvalue weighted by molar-refractivity contribution is 5.15. The summed E-state index contributed by atoms with van der Waals surface area (Å²) in [7, 11) is 0. The van der Waals surface area contributed by atoms with E-state index in [-0.39, 0.29) is 0 Å². The lowest BCUT2D eigenvalue weighted by atomic mass is 9.95. The van der Waals surface area contributed by atoms with Crippen LogP contribution in [0.25, 0.3) is 0 Å². The van der Waals surface area contributed by atoms with Crippen molar-refractivity contribution in [3.8, 4) is 6.07 Å². The third-order valence-electron chi connectivity index (χ3n) is 4.04. The second kappa shape index (κ2) is 4.96. The molecule has 0 heterocycles. The van der Waals surface area contributed by atoms with E-state index in [9.17, 15) is 5.26 Å². The van der Waals surface area contributed by atoms with Gasteiger partial charge in [0.2, 0.25) is 0 Å². The van der Waals surface area contributed by atoms with E-state index in [1.54, 1.807) is 0 Å². The van der Waals surface area contributed by atoms with Crippen molar-refractivity contribution in [3.63, 3.8) is 0 Å². The maximum absolute atomic E-state index is 9.32. The minimum absolute atomic E-state index is 0.452. The van der Waals surface area contributed by atoms with Gasteiger partial charge in [-0.3, -0.25) is 4.90 Å². The Bertz CT molecular complexity index is 299. The van der Waals surface area contributed by atoms with Crippen molar-refractivity contribution in [2.45, 2.75) is 57.5 Å². The first-order valence-electron chi connectivity index (χ1n) is 6.99. The zero-order valence-corrected chi connectivity index (χ0v) is 11.2. The lowest BCUT2D eigenvalue weighted by Crippen LogP contribution is -2.52. The van der Waals surface area contributed by atoms with Gasteiger partial charge >= 0.3 is 0 Å². The van der Waals surface area contributed by atoms with Crippen molar-refractivity contribution in [2.24, 2.45) is 17.6 Å². The first-order valence-corrected chi connectivity index (χ1v) is 6.99. The van der Waals surface area contributed by atoms with E-state index in [0.29, 0.717) is 12.0 Å². The van der Waals surface area contributed by atoms with Gasteiger partial charge in [-0.2, -0.15) is 5.26 Å². The molecule has 0 aromatic rings. The van der Waals surface area contributed by atoms with Crippen LogP contribution < -0.4 is 5.73 Å². The summed E-state index contributed by atoms with van der Waals surface area (Å²) >= 11 is 0. The summed E-state index contributed by atoms with van der Waals surface area (Å²) in [6, 6.07) is 3.09. The first kappa shape index (κ1) is 12.9. The third kappa shape index (κ3) is 3.43. The summed E-state index contributed by atoms with van der Waals surface area (Å²) in [5.74, 6) is 1.18. The van der Waals surface area contributed by atoms with Crippen LogP contribution in [0.1, 0.15) is 46.0 Å². The Morgan fingerprint density at radius 2 is 2.00 bits per heavy atom. The quantitative estimate of drug-likeness (QED) is 0.735. The molecule has 2 saturated carbocycles. The highest BCUT2D eigenvalue weighted by Crippen LogP contribution is 2.40. The fourth-order valence-electron chi connectivity index (χ4n) is 2.44. The molecule has 0 bridgehead atoms. The second-order valence-corrected chi connectivity index (χ2v) is 6.31. The fraction of sp³-hybridized carbons (Fsp3) is 0.929. The van der Waals surface area contributed by atoms with Gasteiger partial charge in [0.1, 0.15) is 5.54 Å². The Balaban J connectivity index is 1.90. The molecule has 1 atom stereocenters. The fourth-order valence-corrected chi connectivity index (χ4v) is 2.44. The molecule has 2 fully saturated rings. The van der Waals surface area contributed by atoms with E-state index in [1.165, 1.54) is 19.3 Å². The molecule has 2 aliphatic rings. The van der Waals surface area contributed by atoms with E-state index in [2.05, 4.69) is 24.8 Å². The molecule has 0 amide bonds. The summed E-state index contributed by atoms with van der Waals surface area (Å²) in [4.78, 5) is 2.47. The summed E-state index contributed by atoms with van der Waals surface area (Å²) in [6.07, 6.45) is 6.09. The molecule has 0 saturated heterocycles. The second-order valence-electron chi connectivity index (χ2n) is 6.31. The van der Waals surface area contributed by atoms with E-state index >= 15 is 0 Å². The molecule has 0 radical (unpaired) electrons. The molecule has 2 rings (SSSR count). The van der Waals surface area contributed by atoms with Crippen molar-refractivity contribution in [2.75, 3.05) is 13.1 Å². The molecule has 0 aliphatic heterocycles. The molecule has 0 spiro atoms. The smallest absolute Gasteiger partial charge is 0.119 e. The van der Waals surface area contributed by atoms with Gasteiger partial charge in [-0.05, 0) is 50.5 Å². The highest BCUT2D eigenvalue weighted by Gasteiger charge is 2.45. The molecular formula is C14H25N3. The van der Waals surface area contributed by atoms with Gasteiger partial charge < -0.3 is 5.73 Å². The molecule has 0 aromatic carbocycles. The molecule has 17 heavy (non-hydrogen) atoms. The monoisotopic (exact) mass is 235 g/mol. The molecule has 2 N–H and O–H groups in total. The molecule has 1 unspecified atom stereocenters. The van der Waals surface area contributed by atoms with E-state index < -0.39 is 5.54 Å². The van der Waals surface area contributed by atoms with Gasteiger partial charge in [0.25, 0.3) is 0 Å². The normalized spacial score (nSPS) is 23.8. The van der Waals surface area contributed by atoms with Crippen LogP contribution in [0.4, 0.5) is 0 Å². The Hall–Kier alpha value is -0.590. The number of nitriles is 1. The SMILES string of the molecule is CC(C)CCN(CC(N)(C#N)C1CC1)C1CC1. The van der Waals surface area contributed by atoms with Crippen LogP contribution in [-0.2, 0) is 0 Å². The molecule has 96 valence electrons. The van der Waals surface area contributed by atoms with Gasteiger partial charge in [0, 0.05) is 12.6 Å². The topological polar surface area (TPSA) is 53.0 Å². The summed E-state index contributed by atoms with van der Waals surface area (Å²) in [6.45, 7) is 6.40. The van der Waals surface area contributed by atoms with E-state index in [4.69, 9.17) is 5.73 Å². The van der Waals surface area contributed by atoms with Crippen LogP contribution in [0.2, 0.25) is 0 Å². The number of nitrogens with zero attached hydrogens (tertiary/aromatic N) is 2. The van der Waals surface area contributed by atoms with Crippen LogP contribution in [0.15, 0.2) is 0 Å². The van der Waals surface area contributed by atoms with Crippen molar-refractivity contribution >= 4 is 0 Å².